The third-order valence-corrected chi connectivity index (χ3v) is 15.9. The van der Waals surface area contributed by atoms with Gasteiger partial charge in [-0.05, 0) is 197 Å². The maximum absolute atomic E-state index is 6.53. The van der Waals surface area contributed by atoms with E-state index in [1.807, 2.05) is 12.1 Å². The Morgan fingerprint density at radius 3 is 0.838 bits per heavy atom. The maximum atomic E-state index is 6.53. The van der Waals surface area contributed by atoms with Crippen LogP contribution in [0.4, 0.5) is 34.1 Å². The van der Waals surface area contributed by atoms with Crippen LogP contribution in [0.3, 0.4) is 0 Å². The lowest BCUT2D eigenvalue weighted by molar-refractivity contribution is 0.619. The minimum absolute atomic E-state index is 0.562. The molecule has 6 nitrogen and oxygen atoms in total. The Labute approximate surface area is 460 Å². The van der Waals surface area contributed by atoms with Crippen LogP contribution in [-0.4, -0.2) is 9.97 Å². The van der Waals surface area contributed by atoms with E-state index >= 15 is 0 Å². The quantitative estimate of drug-likeness (QED) is 0.134. The van der Waals surface area contributed by atoms with Gasteiger partial charge in [-0.2, -0.15) is 0 Å². The lowest BCUT2D eigenvalue weighted by Crippen LogP contribution is -2.09. The third-order valence-electron chi connectivity index (χ3n) is 15.9. The fourth-order valence-electron chi connectivity index (χ4n) is 12.1. The number of hydrogen-bond acceptors (Lipinski definition) is 6. The van der Waals surface area contributed by atoms with Gasteiger partial charge in [0.05, 0.1) is 0 Å². The summed E-state index contributed by atoms with van der Waals surface area (Å²) in [5, 5.41) is 15.0. The zero-order chi connectivity index (χ0) is 52.7. The molecule has 0 fully saturated rings. The average Bonchev–Trinajstić information content (AvgIpc) is 4.32. The first-order valence-corrected chi connectivity index (χ1v) is 27.0. The monoisotopic (exact) mass is 1020 g/mol. The highest BCUT2D eigenvalue weighted by atomic mass is 16.4. The molecular formula is C74H46N4O2. The van der Waals surface area contributed by atoms with Crippen LogP contribution in [0.25, 0.3) is 121 Å². The SMILES string of the molecule is c1ccc(N(c2ccc(-c3nc4ccc(-c5ccc6nc(-c7ccc(N(c8ccccc8)c8ccc9c%10ccccc%10c%10ccccc%10c9c8)cc7)oc6c5)cc4o3)cc2)c2ccc3c4ccccc4c4ccccc4c3c2)cc1. The zero-order valence-corrected chi connectivity index (χ0v) is 43.2. The smallest absolute Gasteiger partial charge is 0.227 e. The number of para-hydroxylation sites is 2. The number of nitrogens with zero attached hydrogens (tertiary/aromatic N) is 4. The second-order valence-corrected chi connectivity index (χ2v) is 20.5. The van der Waals surface area contributed by atoms with Gasteiger partial charge in [0, 0.05) is 45.3 Å². The number of fused-ring (bicyclic) bond motifs is 14. The molecule has 0 bridgehead atoms. The molecule has 6 heteroatoms. The van der Waals surface area contributed by atoms with Crippen LogP contribution in [0.5, 0.6) is 0 Å². The van der Waals surface area contributed by atoms with Gasteiger partial charge >= 0.3 is 0 Å². The molecule has 0 saturated carbocycles. The number of aromatic nitrogens is 2. The van der Waals surface area contributed by atoms with Crippen LogP contribution in [0.2, 0.25) is 0 Å². The summed E-state index contributed by atoms with van der Waals surface area (Å²) >= 11 is 0. The lowest BCUT2D eigenvalue weighted by atomic mass is 9.94. The molecule has 0 radical (unpaired) electrons. The summed E-state index contributed by atoms with van der Waals surface area (Å²) in [4.78, 5) is 14.5. The summed E-state index contributed by atoms with van der Waals surface area (Å²) in [7, 11) is 0. The first kappa shape index (κ1) is 45.4. The van der Waals surface area contributed by atoms with Gasteiger partial charge in [0.1, 0.15) is 11.0 Å². The summed E-state index contributed by atoms with van der Waals surface area (Å²) in [6.07, 6.45) is 0. The van der Waals surface area contributed by atoms with Gasteiger partial charge < -0.3 is 18.6 Å². The van der Waals surface area contributed by atoms with Gasteiger partial charge in [-0.15, -0.1) is 0 Å². The van der Waals surface area contributed by atoms with E-state index in [9.17, 15) is 0 Å². The van der Waals surface area contributed by atoms with Gasteiger partial charge in [0.15, 0.2) is 11.2 Å². The van der Waals surface area contributed by atoms with Crippen LogP contribution >= 0.6 is 0 Å². The standard InChI is InChI=1S/C74H46N4O2/c1-3-15-51(16-4-1)77(55-37-39-65-61-23-9-7-19-57(61)59-21-11-13-25-63(59)67(65)45-55)53-33-27-47(28-34-53)73-75-69-41-31-49(43-71(69)79-73)50-32-42-70-72(44-50)80-74(76-70)48-29-35-54(36-30-48)78(52-17-5-2-6-18-52)56-38-40-66-62-24-10-8-20-58(62)60-22-12-14-26-64(60)68(66)46-56/h1-46H. The molecule has 16 aromatic rings. The first-order chi connectivity index (χ1) is 39.6. The molecule has 0 N–H and O–H groups in total. The largest absolute Gasteiger partial charge is 0.436 e. The topological polar surface area (TPSA) is 58.5 Å². The van der Waals surface area contributed by atoms with Crippen molar-refractivity contribution < 1.29 is 8.83 Å². The summed E-state index contributed by atoms with van der Waals surface area (Å²) < 4.78 is 13.1. The summed E-state index contributed by atoms with van der Waals surface area (Å²) in [6, 6.07) is 98.9. The fourth-order valence-corrected chi connectivity index (χ4v) is 12.1. The Morgan fingerprint density at radius 2 is 0.487 bits per heavy atom. The van der Waals surface area contributed by atoms with Crippen molar-refractivity contribution in [1.29, 1.82) is 0 Å². The molecular weight excluding hydrogens is 977 g/mol. The van der Waals surface area contributed by atoms with Crippen molar-refractivity contribution >= 4 is 121 Å². The molecule has 2 heterocycles. The Balaban J connectivity index is 0.684. The van der Waals surface area contributed by atoms with Gasteiger partial charge in [0.25, 0.3) is 0 Å². The van der Waals surface area contributed by atoms with Crippen molar-refractivity contribution in [1.82, 2.24) is 9.97 Å². The molecule has 0 aliphatic carbocycles. The Hall–Kier alpha value is -10.8. The number of benzene rings is 14. The summed E-state index contributed by atoms with van der Waals surface area (Å²) in [5.74, 6) is 1.12. The number of hydrogen-bond donors (Lipinski definition) is 0. The second kappa shape index (κ2) is 18.4. The average molecular weight is 1020 g/mol. The van der Waals surface area contributed by atoms with Gasteiger partial charge in [0.2, 0.25) is 11.8 Å². The predicted molar refractivity (Wildman–Crippen MR) is 332 cm³/mol. The normalized spacial score (nSPS) is 11.8. The van der Waals surface area contributed by atoms with E-state index in [1.54, 1.807) is 0 Å². The van der Waals surface area contributed by atoms with E-state index in [-0.39, 0.29) is 0 Å². The molecule has 0 unspecified atom stereocenters. The Kier molecular flexibility index (Phi) is 10.5. The van der Waals surface area contributed by atoms with Crippen molar-refractivity contribution in [2.24, 2.45) is 0 Å². The first-order valence-electron chi connectivity index (χ1n) is 27.0. The second-order valence-electron chi connectivity index (χ2n) is 20.5. The Morgan fingerprint density at radius 1 is 0.212 bits per heavy atom. The minimum atomic E-state index is 0.562. The molecule has 374 valence electrons. The minimum Gasteiger partial charge on any atom is -0.436 e. The molecule has 2 aromatic heterocycles. The summed E-state index contributed by atoms with van der Waals surface area (Å²) in [5.41, 5.74) is 13.1. The molecule has 0 atom stereocenters. The van der Waals surface area contributed by atoms with Gasteiger partial charge in [-0.3, -0.25) is 0 Å². The van der Waals surface area contributed by atoms with Crippen molar-refractivity contribution in [3.8, 4) is 34.0 Å². The van der Waals surface area contributed by atoms with E-state index in [4.69, 9.17) is 18.8 Å². The van der Waals surface area contributed by atoms with Crippen LogP contribution in [-0.2, 0) is 0 Å². The van der Waals surface area contributed by atoms with Gasteiger partial charge in [-0.1, -0.05) is 158 Å². The van der Waals surface area contributed by atoms with E-state index in [0.717, 1.165) is 67.4 Å². The van der Waals surface area contributed by atoms with E-state index in [1.165, 1.54) is 64.6 Å². The van der Waals surface area contributed by atoms with Crippen LogP contribution in [0, 0.1) is 0 Å². The molecule has 0 spiro atoms. The highest BCUT2D eigenvalue weighted by Gasteiger charge is 2.20. The van der Waals surface area contributed by atoms with E-state index in [2.05, 4.69) is 277 Å². The van der Waals surface area contributed by atoms with E-state index in [0.29, 0.717) is 22.9 Å². The number of anilines is 6. The molecule has 0 amide bonds. The highest BCUT2D eigenvalue weighted by Crippen LogP contribution is 2.44. The van der Waals surface area contributed by atoms with Crippen LogP contribution in [0.15, 0.2) is 288 Å². The van der Waals surface area contributed by atoms with Crippen molar-refractivity contribution in [2.75, 3.05) is 9.80 Å². The predicted octanol–water partition coefficient (Wildman–Crippen LogP) is 20.8. The molecule has 14 aromatic carbocycles. The fraction of sp³-hybridized carbons (Fsp3) is 0. The molecule has 0 aliphatic rings. The van der Waals surface area contributed by atoms with Crippen LogP contribution in [0.1, 0.15) is 0 Å². The van der Waals surface area contributed by atoms with Crippen molar-refractivity contribution in [3.63, 3.8) is 0 Å². The Bertz CT molecular complexity index is 4680. The number of rotatable bonds is 9. The van der Waals surface area contributed by atoms with Crippen molar-refractivity contribution in [3.05, 3.63) is 279 Å². The van der Waals surface area contributed by atoms with Crippen LogP contribution < -0.4 is 9.80 Å². The molecule has 80 heavy (non-hydrogen) atoms. The number of oxazole rings is 2. The lowest BCUT2D eigenvalue weighted by Gasteiger charge is -2.26. The zero-order valence-electron chi connectivity index (χ0n) is 43.2. The highest BCUT2D eigenvalue weighted by molar-refractivity contribution is 6.27. The van der Waals surface area contributed by atoms with E-state index < -0.39 is 0 Å². The molecule has 0 aliphatic heterocycles. The maximum Gasteiger partial charge on any atom is 0.227 e. The third kappa shape index (κ3) is 7.57. The van der Waals surface area contributed by atoms with Crippen molar-refractivity contribution in [2.45, 2.75) is 0 Å². The molecule has 0 saturated heterocycles. The summed E-state index contributed by atoms with van der Waals surface area (Å²) in [6.45, 7) is 0. The molecule has 16 rings (SSSR count). The van der Waals surface area contributed by atoms with Gasteiger partial charge in [-0.25, -0.2) is 9.97 Å².